The molecule has 1 saturated heterocycles. The quantitative estimate of drug-likeness (QED) is 0.878. The lowest BCUT2D eigenvalue weighted by molar-refractivity contribution is -0.113. The van der Waals surface area contributed by atoms with E-state index < -0.39 is 26.7 Å². The molecule has 0 saturated carbocycles. The van der Waals surface area contributed by atoms with Gasteiger partial charge < -0.3 is 15.0 Å². The molecule has 0 aromatic heterocycles. The summed E-state index contributed by atoms with van der Waals surface area (Å²) in [6.45, 7) is 1.51. The van der Waals surface area contributed by atoms with Crippen LogP contribution in [-0.2, 0) is 14.6 Å². The number of hydrogen-bond donors (Lipinski definition) is 1. The van der Waals surface area contributed by atoms with Gasteiger partial charge in [-0.2, -0.15) is 0 Å². The van der Waals surface area contributed by atoms with Gasteiger partial charge in [-0.15, -0.1) is 0 Å². The van der Waals surface area contributed by atoms with Gasteiger partial charge in [0.15, 0.2) is 9.84 Å². The first kappa shape index (κ1) is 16.8. The van der Waals surface area contributed by atoms with Crippen LogP contribution in [0.2, 0.25) is 0 Å². The van der Waals surface area contributed by atoms with E-state index in [4.69, 9.17) is 4.74 Å². The van der Waals surface area contributed by atoms with Crippen LogP contribution in [0, 0.1) is 0 Å². The number of rotatable bonds is 5. The molecule has 122 valence electrons. The first-order valence-electron chi connectivity index (χ1n) is 7.25. The first-order chi connectivity index (χ1) is 10.4. The maximum Gasteiger partial charge on any atom is 0.239 e. The molecule has 6 nitrogen and oxygen atoms in total. The second-order valence-corrected chi connectivity index (χ2v) is 7.87. The van der Waals surface area contributed by atoms with Crippen molar-refractivity contribution in [3.63, 3.8) is 0 Å². The van der Waals surface area contributed by atoms with Gasteiger partial charge >= 0.3 is 0 Å². The van der Waals surface area contributed by atoms with Crippen LogP contribution in [0.5, 0.6) is 5.75 Å². The zero-order valence-electron chi connectivity index (χ0n) is 12.9. The molecule has 1 aliphatic rings. The van der Waals surface area contributed by atoms with Crippen molar-refractivity contribution in [2.24, 2.45) is 0 Å². The predicted molar refractivity (Wildman–Crippen MR) is 85.9 cm³/mol. The normalized spacial score (nSPS) is 17.2. The van der Waals surface area contributed by atoms with E-state index in [1.165, 1.54) is 0 Å². The average molecular weight is 326 g/mol. The minimum Gasteiger partial charge on any atom is -0.497 e. The summed E-state index contributed by atoms with van der Waals surface area (Å²) in [5, 5.41) is 2.20. The Morgan fingerprint density at radius 2 is 1.86 bits per heavy atom. The van der Waals surface area contributed by atoms with E-state index in [0.717, 1.165) is 13.1 Å². The fraction of sp³-hybridized carbons (Fsp3) is 0.533. The Bertz CT molecular complexity index is 605. The lowest BCUT2D eigenvalue weighted by Gasteiger charge is -2.28. The molecule has 0 bridgehead atoms. The molecule has 1 aromatic carbocycles. The van der Waals surface area contributed by atoms with Gasteiger partial charge in [-0.1, -0.05) is 0 Å². The lowest BCUT2D eigenvalue weighted by Crippen LogP contribution is -2.39. The minimum atomic E-state index is -3.40. The number of benzene rings is 1. The van der Waals surface area contributed by atoms with E-state index in [0.29, 0.717) is 24.3 Å². The fourth-order valence-corrected chi connectivity index (χ4v) is 4.12. The summed E-state index contributed by atoms with van der Waals surface area (Å²) < 4.78 is 29.6. The fourth-order valence-electron chi connectivity index (χ4n) is 2.52. The SMILES string of the molecule is COc1ccc(NC(=O)CS(=O)(=O)C2CCN(C)CC2)cc1. The molecule has 1 heterocycles. The van der Waals surface area contributed by atoms with Crippen LogP contribution in [0.25, 0.3) is 0 Å². The highest BCUT2D eigenvalue weighted by Crippen LogP contribution is 2.19. The van der Waals surface area contributed by atoms with E-state index in [9.17, 15) is 13.2 Å². The van der Waals surface area contributed by atoms with Crippen LogP contribution in [-0.4, -0.2) is 57.5 Å². The van der Waals surface area contributed by atoms with Crippen molar-refractivity contribution < 1.29 is 17.9 Å². The highest BCUT2D eigenvalue weighted by molar-refractivity contribution is 7.92. The van der Waals surface area contributed by atoms with Crippen LogP contribution < -0.4 is 10.1 Å². The van der Waals surface area contributed by atoms with Gasteiger partial charge in [-0.05, 0) is 57.2 Å². The summed E-state index contributed by atoms with van der Waals surface area (Å²) in [7, 11) is 0.126. The second kappa shape index (κ2) is 7.11. The number of likely N-dealkylation sites (tertiary alicyclic amines) is 1. The van der Waals surface area contributed by atoms with Gasteiger partial charge in [0.1, 0.15) is 11.5 Å². The number of hydrogen-bond acceptors (Lipinski definition) is 5. The third kappa shape index (κ3) is 4.45. The Morgan fingerprint density at radius 3 is 2.41 bits per heavy atom. The molecule has 1 aliphatic heterocycles. The molecule has 7 heteroatoms. The van der Waals surface area contributed by atoms with Crippen LogP contribution in [0.1, 0.15) is 12.8 Å². The number of sulfone groups is 1. The molecular formula is C15H22N2O4S. The Labute approximate surface area is 131 Å². The molecule has 22 heavy (non-hydrogen) atoms. The number of ether oxygens (including phenoxy) is 1. The van der Waals surface area contributed by atoms with Crippen molar-refractivity contribution in [1.82, 2.24) is 4.90 Å². The van der Waals surface area contributed by atoms with Crippen LogP contribution >= 0.6 is 0 Å². The van der Waals surface area contributed by atoms with Crippen molar-refractivity contribution >= 4 is 21.4 Å². The number of methoxy groups -OCH3 is 1. The number of amides is 1. The standard InChI is InChI=1S/C15H22N2O4S/c1-17-9-7-14(8-10-17)22(19,20)11-15(18)16-12-3-5-13(21-2)6-4-12/h3-6,14H,7-11H2,1-2H3,(H,16,18). The summed E-state index contributed by atoms with van der Waals surface area (Å²) in [5.41, 5.74) is 0.560. The van der Waals surface area contributed by atoms with E-state index in [1.807, 2.05) is 7.05 Å². The van der Waals surface area contributed by atoms with E-state index in [1.54, 1.807) is 31.4 Å². The van der Waals surface area contributed by atoms with E-state index >= 15 is 0 Å². The van der Waals surface area contributed by atoms with Gasteiger partial charge in [-0.25, -0.2) is 8.42 Å². The average Bonchev–Trinajstić information content (AvgIpc) is 2.48. The molecular weight excluding hydrogens is 304 g/mol. The maximum atomic E-state index is 12.3. The van der Waals surface area contributed by atoms with Gasteiger partial charge in [-0.3, -0.25) is 4.79 Å². The molecule has 0 spiro atoms. The topological polar surface area (TPSA) is 75.7 Å². The number of nitrogens with zero attached hydrogens (tertiary/aromatic N) is 1. The monoisotopic (exact) mass is 326 g/mol. The van der Waals surface area contributed by atoms with Crippen molar-refractivity contribution in [3.8, 4) is 5.75 Å². The largest absolute Gasteiger partial charge is 0.497 e. The molecule has 0 aliphatic carbocycles. The highest BCUT2D eigenvalue weighted by atomic mass is 32.2. The molecule has 0 atom stereocenters. The number of carbonyl (C=O) groups is 1. The van der Waals surface area contributed by atoms with Gasteiger partial charge in [0.2, 0.25) is 5.91 Å². The zero-order valence-corrected chi connectivity index (χ0v) is 13.7. The number of piperidine rings is 1. The molecule has 0 unspecified atom stereocenters. The number of carbonyl (C=O) groups excluding carboxylic acids is 1. The van der Waals surface area contributed by atoms with Gasteiger partial charge in [0, 0.05) is 5.69 Å². The van der Waals surface area contributed by atoms with Crippen LogP contribution in [0.15, 0.2) is 24.3 Å². The summed E-state index contributed by atoms with van der Waals surface area (Å²) in [4.78, 5) is 14.1. The first-order valence-corrected chi connectivity index (χ1v) is 8.96. The third-order valence-corrected chi connectivity index (χ3v) is 6.03. The predicted octanol–water partition coefficient (Wildman–Crippen LogP) is 1.14. The molecule has 1 fully saturated rings. The second-order valence-electron chi connectivity index (χ2n) is 5.59. The highest BCUT2D eigenvalue weighted by Gasteiger charge is 2.30. The number of anilines is 1. The Kier molecular flexibility index (Phi) is 5.42. The third-order valence-electron chi connectivity index (χ3n) is 3.88. The van der Waals surface area contributed by atoms with Crippen LogP contribution in [0.3, 0.4) is 0 Å². The minimum absolute atomic E-state index is 0.412. The van der Waals surface area contributed by atoms with Crippen molar-refractivity contribution in [2.75, 3.05) is 38.3 Å². The smallest absolute Gasteiger partial charge is 0.239 e. The molecule has 1 aromatic rings. The Morgan fingerprint density at radius 1 is 1.27 bits per heavy atom. The van der Waals surface area contributed by atoms with Crippen LogP contribution in [0.4, 0.5) is 5.69 Å². The van der Waals surface area contributed by atoms with Crippen molar-refractivity contribution in [2.45, 2.75) is 18.1 Å². The van der Waals surface area contributed by atoms with Gasteiger partial charge in [0.05, 0.1) is 12.4 Å². The molecule has 1 N–H and O–H groups in total. The summed E-state index contributed by atoms with van der Waals surface area (Å²) >= 11 is 0. The van der Waals surface area contributed by atoms with Crippen molar-refractivity contribution in [1.29, 1.82) is 0 Å². The molecule has 0 radical (unpaired) electrons. The van der Waals surface area contributed by atoms with Gasteiger partial charge in [0.25, 0.3) is 0 Å². The zero-order chi connectivity index (χ0) is 16.2. The summed E-state index contributed by atoms with van der Waals surface area (Å²) in [6.07, 6.45) is 1.18. The lowest BCUT2D eigenvalue weighted by atomic mass is 10.1. The van der Waals surface area contributed by atoms with Crippen molar-refractivity contribution in [3.05, 3.63) is 24.3 Å². The maximum absolute atomic E-state index is 12.3. The molecule has 1 amide bonds. The number of nitrogens with one attached hydrogen (secondary N) is 1. The Balaban J connectivity index is 1.92. The van der Waals surface area contributed by atoms with E-state index in [2.05, 4.69) is 10.2 Å². The molecule has 2 rings (SSSR count). The summed E-state index contributed by atoms with van der Waals surface area (Å²) in [5.74, 6) is -0.283. The van der Waals surface area contributed by atoms with E-state index in [-0.39, 0.29) is 0 Å². The Hall–Kier alpha value is -1.60. The summed E-state index contributed by atoms with van der Waals surface area (Å²) in [6, 6.07) is 6.78.